The molecule has 47 heavy (non-hydrogen) atoms. The molecule has 1 aromatic heterocycles. The Morgan fingerprint density at radius 2 is 1.77 bits per heavy atom. The molecule has 0 radical (unpaired) electrons. The number of hydrogen-bond acceptors (Lipinski definition) is 8. The van der Waals surface area contributed by atoms with Crippen LogP contribution in [0.25, 0.3) is 17.0 Å². The minimum atomic E-state index is -4.46. The van der Waals surface area contributed by atoms with Gasteiger partial charge in [0.2, 0.25) is 11.8 Å². The van der Waals surface area contributed by atoms with Gasteiger partial charge in [0, 0.05) is 31.4 Å². The van der Waals surface area contributed by atoms with Crippen molar-refractivity contribution in [2.75, 3.05) is 26.2 Å². The van der Waals surface area contributed by atoms with Crippen LogP contribution in [0, 0.1) is 5.92 Å². The molecule has 0 aliphatic carbocycles. The third-order valence-electron chi connectivity index (χ3n) is 8.16. The van der Waals surface area contributed by atoms with Gasteiger partial charge in [0.1, 0.15) is 24.2 Å². The van der Waals surface area contributed by atoms with Crippen molar-refractivity contribution in [3.63, 3.8) is 0 Å². The molecule has 3 N–H and O–H groups in total. The zero-order valence-corrected chi connectivity index (χ0v) is 27.1. The van der Waals surface area contributed by atoms with Crippen molar-refractivity contribution < 1.29 is 37.1 Å². The Labute approximate surface area is 272 Å². The fourth-order valence-corrected chi connectivity index (χ4v) is 5.55. The van der Waals surface area contributed by atoms with Gasteiger partial charge >= 0.3 is 12.1 Å². The van der Waals surface area contributed by atoms with E-state index in [9.17, 15) is 32.3 Å². The minimum absolute atomic E-state index is 0.0569. The second-order valence-electron chi connectivity index (χ2n) is 12.4. The maximum absolute atomic E-state index is 13.4. The van der Waals surface area contributed by atoms with Crippen molar-refractivity contribution in [2.24, 2.45) is 5.92 Å². The number of benzene rings is 1. The third kappa shape index (κ3) is 10.2. The maximum atomic E-state index is 13.4. The lowest BCUT2D eigenvalue weighted by Gasteiger charge is -2.35. The van der Waals surface area contributed by atoms with Gasteiger partial charge in [-0.25, -0.2) is 10.4 Å². The summed E-state index contributed by atoms with van der Waals surface area (Å²) in [4.78, 5) is 58.2. The molecule has 0 saturated carbocycles. The fraction of sp³-hybridized carbons (Fsp3) is 0.545. The summed E-state index contributed by atoms with van der Waals surface area (Å²) < 4.78 is 45.8. The van der Waals surface area contributed by atoms with Crippen LogP contribution < -0.4 is 16.1 Å². The number of ether oxygens (including phenoxy) is 1. The standard InChI is InChI=1S/C33H43F3N6O5/c1-20(2)29-30(44)37-21(3)31(45)42-16-7-9-26(40-42)32(46)47-22(4)25-13-12-24-11-10-23(18-27(24)38-25)8-5-6-15-41(19-33(34,35)36)17-14-28(43)39-29/h5,8,10-13,18,20-22,26,29,40H,6-7,9,14-17,19H2,1-4H3,(H,37,44)(H,39,43). The van der Waals surface area contributed by atoms with E-state index in [1.165, 1.54) is 11.9 Å². The summed E-state index contributed by atoms with van der Waals surface area (Å²) in [6.07, 6.45) is -0.570. The van der Waals surface area contributed by atoms with Gasteiger partial charge in [-0.3, -0.25) is 29.1 Å². The number of fused-ring (bicyclic) bond motifs is 4. The maximum Gasteiger partial charge on any atom is 0.401 e. The van der Waals surface area contributed by atoms with E-state index >= 15 is 0 Å². The first kappa shape index (κ1) is 35.8. The van der Waals surface area contributed by atoms with Crippen molar-refractivity contribution in [3.05, 3.63) is 47.7 Å². The van der Waals surface area contributed by atoms with Gasteiger partial charge in [-0.2, -0.15) is 13.2 Å². The van der Waals surface area contributed by atoms with E-state index in [4.69, 9.17) is 4.74 Å². The van der Waals surface area contributed by atoms with Gasteiger partial charge in [0.25, 0.3) is 5.91 Å². The van der Waals surface area contributed by atoms with Crippen molar-refractivity contribution in [1.29, 1.82) is 0 Å². The van der Waals surface area contributed by atoms with Crippen LogP contribution in [-0.2, 0) is 23.9 Å². The Hall–Kier alpha value is -4.04. The van der Waals surface area contributed by atoms with Crippen molar-refractivity contribution >= 4 is 40.7 Å². The lowest BCUT2D eigenvalue weighted by atomic mass is 10.0. The number of halogens is 3. The zero-order chi connectivity index (χ0) is 34.3. The number of nitrogens with one attached hydrogen (secondary N) is 3. The number of rotatable bonds is 2. The molecule has 4 rings (SSSR count). The van der Waals surface area contributed by atoms with Crippen LogP contribution in [0.1, 0.15) is 70.7 Å². The van der Waals surface area contributed by atoms with Gasteiger partial charge in [-0.15, -0.1) is 0 Å². The number of esters is 1. The van der Waals surface area contributed by atoms with Crippen LogP contribution >= 0.6 is 0 Å². The van der Waals surface area contributed by atoms with Crippen LogP contribution in [0.5, 0.6) is 0 Å². The van der Waals surface area contributed by atoms with E-state index in [2.05, 4.69) is 21.0 Å². The lowest BCUT2D eigenvalue weighted by Crippen LogP contribution is -2.61. The monoisotopic (exact) mass is 660 g/mol. The Bertz CT molecular complexity index is 1480. The number of carbonyl (C=O) groups excluding carboxylic acids is 4. The molecular weight excluding hydrogens is 617 g/mol. The van der Waals surface area contributed by atoms with Crippen LogP contribution in [0.2, 0.25) is 0 Å². The fourth-order valence-electron chi connectivity index (χ4n) is 5.55. The highest BCUT2D eigenvalue weighted by Gasteiger charge is 2.34. The zero-order valence-electron chi connectivity index (χ0n) is 27.1. The van der Waals surface area contributed by atoms with Gasteiger partial charge in [-0.1, -0.05) is 44.2 Å². The SMILES string of the molecule is CC1NC(=O)C(C(C)C)NC(=O)CCN(CC(F)(F)F)CCC=Cc2ccc3ccc(nc3c2)C(C)OC(=O)C2CCCN(N2)C1=O. The number of alkyl halides is 3. The largest absolute Gasteiger partial charge is 0.455 e. The number of amides is 3. The molecule has 1 saturated heterocycles. The molecule has 3 heterocycles. The molecular formula is C33H43F3N6O5. The molecule has 1 aromatic carbocycles. The first-order valence-corrected chi connectivity index (χ1v) is 15.9. The highest BCUT2D eigenvalue weighted by Crippen LogP contribution is 2.23. The predicted molar refractivity (Wildman–Crippen MR) is 169 cm³/mol. The second kappa shape index (κ2) is 15.7. The lowest BCUT2D eigenvalue weighted by molar-refractivity contribution is -0.157. The molecule has 1 fully saturated rings. The quantitative estimate of drug-likeness (QED) is 0.416. The molecule has 4 unspecified atom stereocenters. The van der Waals surface area contributed by atoms with Crippen molar-refractivity contribution in [1.82, 2.24) is 31.0 Å². The van der Waals surface area contributed by atoms with Gasteiger partial charge < -0.3 is 15.4 Å². The summed E-state index contributed by atoms with van der Waals surface area (Å²) in [7, 11) is 0. The van der Waals surface area contributed by atoms with E-state index in [0.29, 0.717) is 37.0 Å². The molecule has 2 aliphatic heterocycles. The average Bonchev–Trinajstić information content (AvgIpc) is 3.02. The molecule has 2 aromatic rings. The normalized spacial score (nSPS) is 25.0. The highest BCUT2D eigenvalue weighted by molar-refractivity contribution is 5.92. The summed E-state index contributed by atoms with van der Waals surface area (Å²) in [6, 6.07) is 6.43. The summed E-state index contributed by atoms with van der Waals surface area (Å²) >= 11 is 0. The number of carbonyl (C=O) groups is 4. The molecule has 2 aliphatic rings. The minimum Gasteiger partial charge on any atom is -0.455 e. The van der Waals surface area contributed by atoms with Gasteiger partial charge in [0.15, 0.2) is 0 Å². The predicted octanol–water partition coefficient (Wildman–Crippen LogP) is 3.65. The van der Waals surface area contributed by atoms with Crippen LogP contribution in [0.3, 0.4) is 0 Å². The molecule has 5 bridgehead atoms. The Morgan fingerprint density at radius 1 is 1.02 bits per heavy atom. The van der Waals surface area contributed by atoms with Gasteiger partial charge in [0.05, 0.1) is 17.8 Å². The molecule has 3 amide bonds. The molecule has 14 heteroatoms. The first-order chi connectivity index (χ1) is 22.2. The highest BCUT2D eigenvalue weighted by atomic mass is 19.4. The van der Waals surface area contributed by atoms with E-state index in [1.807, 2.05) is 24.3 Å². The Morgan fingerprint density at radius 3 is 2.49 bits per heavy atom. The van der Waals surface area contributed by atoms with E-state index in [0.717, 1.165) is 15.8 Å². The number of hydrogen-bond donors (Lipinski definition) is 3. The summed E-state index contributed by atoms with van der Waals surface area (Å²) in [5.41, 5.74) is 4.91. The number of hydrazine groups is 1. The first-order valence-electron chi connectivity index (χ1n) is 15.9. The Balaban J connectivity index is 1.59. The molecule has 256 valence electrons. The molecule has 4 atom stereocenters. The molecule has 11 nitrogen and oxygen atoms in total. The summed E-state index contributed by atoms with van der Waals surface area (Å²) in [5, 5.41) is 7.40. The third-order valence-corrected chi connectivity index (χ3v) is 8.16. The second-order valence-corrected chi connectivity index (χ2v) is 12.4. The van der Waals surface area contributed by atoms with Gasteiger partial charge in [-0.05, 0) is 56.7 Å². The average molecular weight is 661 g/mol. The number of cyclic esters (lactones) is 1. The van der Waals surface area contributed by atoms with E-state index < -0.39 is 60.6 Å². The van der Waals surface area contributed by atoms with E-state index in [-0.39, 0.29) is 25.4 Å². The van der Waals surface area contributed by atoms with Crippen LogP contribution in [0.15, 0.2) is 36.4 Å². The number of pyridine rings is 1. The van der Waals surface area contributed by atoms with E-state index in [1.54, 1.807) is 39.0 Å². The van der Waals surface area contributed by atoms with Crippen LogP contribution in [-0.4, -0.2) is 89.1 Å². The number of aromatic nitrogens is 1. The number of nitrogens with zero attached hydrogens (tertiary/aromatic N) is 3. The van der Waals surface area contributed by atoms with Crippen molar-refractivity contribution in [3.8, 4) is 0 Å². The van der Waals surface area contributed by atoms with Crippen molar-refractivity contribution in [2.45, 2.75) is 83.8 Å². The topological polar surface area (TPSA) is 133 Å². The Kier molecular flexibility index (Phi) is 12.0. The smallest absolute Gasteiger partial charge is 0.401 e. The summed E-state index contributed by atoms with van der Waals surface area (Å²) in [5.74, 6) is -2.58. The van der Waals surface area contributed by atoms with Crippen LogP contribution in [0.4, 0.5) is 13.2 Å². The molecule has 0 spiro atoms. The summed E-state index contributed by atoms with van der Waals surface area (Å²) in [6.45, 7) is 5.65.